The summed E-state index contributed by atoms with van der Waals surface area (Å²) in [6.45, 7) is 2.23. The molecule has 1 unspecified atom stereocenters. The van der Waals surface area contributed by atoms with Crippen molar-refractivity contribution in [3.63, 3.8) is 0 Å². The van der Waals surface area contributed by atoms with Gasteiger partial charge >= 0.3 is 0 Å². The third-order valence-electron chi connectivity index (χ3n) is 7.57. The third-order valence-corrected chi connectivity index (χ3v) is 7.57. The number of hydrogen-bond donors (Lipinski definition) is 0. The molecule has 1 aliphatic carbocycles. The molecule has 8 rings (SSSR count). The zero-order valence-electron chi connectivity index (χ0n) is 19.3. The van der Waals surface area contributed by atoms with E-state index in [1.165, 1.54) is 38.1 Å². The van der Waals surface area contributed by atoms with Crippen LogP contribution >= 0.6 is 0 Å². The molecule has 0 N–H and O–H groups in total. The molecule has 0 amide bonds. The fourth-order valence-corrected chi connectivity index (χ4v) is 6.00. The van der Waals surface area contributed by atoms with Crippen LogP contribution in [0.15, 0.2) is 99.8 Å². The van der Waals surface area contributed by atoms with Crippen LogP contribution in [-0.4, -0.2) is 0 Å². The number of furan rings is 2. The van der Waals surface area contributed by atoms with E-state index in [0.29, 0.717) is 5.92 Å². The summed E-state index contributed by atoms with van der Waals surface area (Å²) in [5, 5.41) is 8.40. The highest BCUT2D eigenvalue weighted by Gasteiger charge is 2.23. The highest BCUT2D eigenvalue weighted by Crippen LogP contribution is 2.45. The van der Waals surface area contributed by atoms with E-state index in [1.54, 1.807) is 0 Å². The molecular formula is C33H22O2. The third kappa shape index (κ3) is 2.60. The molecule has 35 heavy (non-hydrogen) atoms. The minimum atomic E-state index is 0.492. The number of hydrogen-bond acceptors (Lipinski definition) is 2. The standard InChI is InChI=1S/C33H22O2/c1-19-13-14-24-29(17-19)34-27-15-16-28-32(31(24)27)26-12-6-11-25(33(26)35-28)30-22-9-4-2-7-20(22)18-21-8-3-5-10-23(21)30/h2-16,18-19H,17H2,1H3. The molecule has 0 bridgehead atoms. The van der Waals surface area contributed by atoms with Crippen molar-refractivity contribution >= 4 is 60.5 Å². The van der Waals surface area contributed by atoms with Gasteiger partial charge in [-0.2, -0.15) is 0 Å². The molecule has 1 aliphatic rings. The van der Waals surface area contributed by atoms with Crippen LogP contribution in [0.2, 0.25) is 0 Å². The van der Waals surface area contributed by atoms with Gasteiger partial charge in [0.25, 0.3) is 0 Å². The Morgan fingerprint density at radius 3 is 2.14 bits per heavy atom. The molecule has 7 aromatic rings. The average Bonchev–Trinajstić information content (AvgIpc) is 3.44. The van der Waals surface area contributed by atoms with E-state index < -0.39 is 0 Å². The van der Waals surface area contributed by atoms with Crippen molar-refractivity contribution in [2.45, 2.75) is 13.3 Å². The maximum Gasteiger partial charge on any atom is 0.143 e. The molecule has 2 heterocycles. The molecule has 0 spiro atoms. The maximum atomic E-state index is 6.66. The van der Waals surface area contributed by atoms with Crippen molar-refractivity contribution < 1.29 is 8.83 Å². The van der Waals surface area contributed by atoms with Gasteiger partial charge in [0, 0.05) is 39.3 Å². The Hall–Kier alpha value is -4.30. The van der Waals surface area contributed by atoms with E-state index in [9.17, 15) is 0 Å². The Bertz CT molecular complexity index is 1940. The van der Waals surface area contributed by atoms with Crippen LogP contribution in [0.3, 0.4) is 0 Å². The molecule has 0 saturated carbocycles. The largest absolute Gasteiger partial charge is 0.460 e. The summed E-state index contributed by atoms with van der Waals surface area (Å²) in [5.41, 5.74) is 6.32. The van der Waals surface area contributed by atoms with Crippen molar-refractivity contribution in [3.05, 3.63) is 102 Å². The summed E-state index contributed by atoms with van der Waals surface area (Å²) in [5.74, 6) is 1.57. The van der Waals surface area contributed by atoms with Crippen molar-refractivity contribution in [2.24, 2.45) is 5.92 Å². The van der Waals surface area contributed by atoms with Gasteiger partial charge in [-0.25, -0.2) is 0 Å². The Kier molecular flexibility index (Phi) is 3.74. The fraction of sp³-hybridized carbons (Fsp3) is 0.0909. The SMILES string of the molecule is CC1C=Cc2c(oc3ccc4oc5c(-c6c7ccccc7cc7ccccc67)cccc5c4c23)C1. The highest BCUT2D eigenvalue weighted by atomic mass is 16.3. The molecule has 1 atom stereocenters. The van der Waals surface area contributed by atoms with Gasteiger partial charge in [-0.05, 0) is 45.7 Å². The molecular weight excluding hydrogens is 428 g/mol. The molecule has 0 aliphatic heterocycles. The molecule has 5 aromatic carbocycles. The highest BCUT2D eigenvalue weighted by molar-refractivity contribution is 6.24. The first-order valence-corrected chi connectivity index (χ1v) is 12.2. The second-order valence-electron chi connectivity index (χ2n) is 9.77. The second-order valence-corrected chi connectivity index (χ2v) is 9.77. The van der Waals surface area contributed by atoms with Crippen molar-refractivity contribution in [2.75, 3.05) is 0 Å². The zero-order chi connectivity index (χ0) is 23.1. The summed E-state index contributed by atoms with van der Waals surface area (Å²) in [6, 6.07) is 30.2. The van der Waals surface area contributed by atoms with E-state index in [4.69, 9.17) is 8.83 Å². The number of benzene rings is 5. The molecule has 2 heteroatoms. The Balaban J connectivity index is 1.53. The molecule has 0 saturated heterocycles. The molecule has 0 fully saturated rings. The molecule has 166 valence electrons. The van der Waals surface area contributed by atoms with E-state index in [-0.39, 0.29) is 0 Å². The lowest BCUT2D eigenvalue weighted by atomic mass is 9.90. The molecule has 2 aromatic heterocycles. The van der Waals surface area contributed by atoms with Crippen LogP contribution in [0.5, 0.6) is 0 Å². The van der Waals surface area contributed by atoms with Gasteiger partial charge in [0.2, 0.25) is 0 Å². The van der Waals surface area contributed by atoms with E-state index >= 15 is 0 Å². The number of allylic oxidation sites excluding steroid dienone is 1. The Labute approximate surface area is 202 Å². The van der Waals surface area contributed by atoms with Gasteiger partial charge in [-0.1, -0.05) is 85.8 Å². The summed E-state index contributed by atoms with van der Waals surface area (Å²) in [6.07, 6.45) is 5.45. The lowest BCUT2D eigenvalue weighted by Gasteiger charge is -2.12. The lowest BCUT2D eigenvalue weighted by molar-refractivity contribution is 0.513. The van der Waals surface area contributed by atoms with Crippen LogP contribution in [0.1, 0.15) is 18.2 Å². The summed E-state index contributed by atoms with van der Waals surface area (Å²) in [4.78, 5) is 0. The normalized spacial score (nSPS) is 15.6. The van der Waals surface area contributed by atoms with Gasteiger partial charge in [0.05, 0.1) is 0 Å². The summed E-state index contributed by atoms with van der Waals surface area (Å²) in [7, 11) is 0. The number of para-hydroxylation sites is 1. The smallest absolute Gasteiger partial charge is 0.143 e. The van der Waals surface area contributed by atoms with Crippen molar-refractivity contribution in [1.82, 2.24) is 0 Å². The first-order valence-electron chi connectivity index (χ1n) is 12.2. The van der Waals surface area contributed by atoms with Gasteiger partial charge in [0.15, 0.2) is 0 Å². The second kappa shape index (κ2) is 6.86. The first kappa shape index (κ1) is 19.1. The summed E-state index contributed by atoms with van der Waals surface area (Å²) < 4.78 is 13.0. The lowest BCUT2D eigenvalue weighted by Crippen LogP contribution is -2.00. The van der Waals surface area contributed by atoms with Crippen molar-refractivity contribution in [1.29, 1.82) is 0 Å². The quantitative estimate of drug-likeness (QED) is 0.233. The maximum absolute atomic E-state index is 6.66. The number of rotatable bonds is 1. The number of fused-ring (bicyclic) bond motifs is 9. The van der Waals surface area contributed by atoms with Crippen molar-refractivity contribution in [3.8, 4) is 11.1 Å². The predicted octanol–water partition coefficient (Wildman–Crippen LogP) is 9.51. The van der Waals surface area contributed by atoms with E-state index in [1.807, 2.05) is 0 Å². The van der Waals surface area contributed by atoms with Gasteiger partial charge in [0.1, 0.15) is 22.5 Å². The summed E-state index contributed by atoms with van der Waals surface area (Å²) >= 11 is 0. The topological polar surface area (TPSA) is 26.3 Å². The van der Waals surface area contributed by atoms with Crippen LogP contribution in [-0.2, 0) is 6.42 Å². The molecule has 2 nitrogen and oxygen atoms in total. The monoisotopic (exact) mass is 450 g/mol. The first-order chi connectivity index (χ1) is 17.3. The van der Waals surface area contributed by atoms with Gasteiger partial charge in [-0.15, -0.1) is 0 Å². The Morgan fingerprint density at radius 2 is 1.37 bits per heavy atom. The van der Waals surface area contributed by atoms with Crippen LogP contribution in [0.4, 0.5) is 0 Å². The average molecular weight is 451 g/mol. The minimum absolute atomic E-state index is 0.492. The van der Waals surface area contributed by atoms with E-state index in [2.05, 4.69) is 104 Å². The van der Waals surface area contributed by atoms with Crippen LogP contribution in [0, 0.1) is 5.92 Å². The van der Waals surface area contributed by atoms with Gasteiger partial charge in [-0.3, -0.25) is 0 Å². The minimum Gasteiger partial charge on any atom is -0.460 e. The molecule has 0 radical (unpaired) electrons. The van der Waals surface area contributed by atoms with E-state index in [0.717, 1.165) is 45.3 Å². The zero-order valence-corrected chi connectivity index (χ0v) is 19.3. The fourth-order valence-electron chi connectivity index (χ4n) is 6.00. The van der Waals surface area contributed by atoms with Gasteiger partial charge < -0.3 is 8.83 Å². The predicted molar refractivity (Wildman–Crippen MR) is 146 cm³/mol. The Morgan fingerprint density at radius 1 is 0.686 bits per heavy atom. The van der Waals surface area contributed by atoms with Crippen LogP contribution < -0.4 is 0 Å². The van der Waals surface area contributed by atoms with Crippen LogP contribution in [0.25, 0.3) is 71.7 Å².